The molecule has 2 heterocycles. The van der Waals surface area contributed by atoms with Gasteiger partial charge in [0.15, 0.2) is 0 Å². The van der Waals surface area contributed by atoms with E-state index in [2.05, 4.69) is 183 Å². The van der Waals surface area contributed by atoms with Gasteiger partial charge in [0.05, 0.1) is 39.7 Å². The molecule has 1 aliphatic rings. The molecule has 0 aliphatic heterocycles. The highest BCUT2D eigenvalue weighted by Gasteiger charge is 2.45. The Morgan fingerprint density at radius 2 is 1.13 bits per heavy atom. The number of anilines is 2. The van der Waals surface area contributed by atoms with Crippen LogP contribution >= 0.6 is 34.2 Å². The fraction of sp³-hybridized carbons (Fsp3) is 0.0238. The standard InChI is InChI=1S/C42H27IN2S/c43-45(33-19-21-40-37(27-33)36-20-14-29(26-41(36)46-40)28-22-24-44-25-23-28)32-17-15-31(16-18-32)42(30-8-2-1-3-9-30)38-12-6-4-10-34(38)35-11-5-7-13-39(35)42/h1-27H. The maximum atomic E-state index is 4.18. The molecule has 8 aromatic rings. The zero-order valence-corrected chi connectivity index (χ0v) is 27.7. The van der Waals surface area contributed by atoms with Gasteiger partial charge in [-0.3, -0.25) is 8.10 Å². The van der Waals surface area contributed by atoms with Gasteiger partial charge in [0.2, 0.25) is 0 Å². The van der Waals surface area contributed by atoms with Crippen LogP contribution in [0, 0.1) is 0 Å². The van der Waals surface area contributed by atoms with Gasteiger partial charge in [-0.15, -0.1) is 11.3 Å². The Bertz CT molecular complexity index is 2330. The summed E-state index contributed by atoms with van der Waals surface area (Å²) in [5.74, 6) is 0. The lowest BCUT2D eigenvalue weighted by atomic mass is 9.68. The summed E-state index contributed by atoms with van der Waals surface area (Å²) in [5.41, 5.74) is 12.2. The molecule has 0 bridgehead atoms. The summed E-state index contributed by atoms with van der Waals surface area (Å²) < 4.78 is 4.87. The Balaban J connectivity index is 1.12. The molecule has 0 atom stereocenters. The van der Waals surface area contributed by atoms with Crippen LogP contribution < -0.4 is 3.11 Å². The van der Waals surface area contributed by atoms with Crippen LogP contribution in [0.1, 0.15) is 22.3 Å². The number of hydrogen-bond donors (Lipinski definition) is 0. The summed E-state index contributed by atoms with van der Waals surface area (Å²) in [6.45, 7) is 0. The third-order valence-electron chi connectivity index (χ3n) is 9.38. The fourth-order valence-corrected chi connectivity index (χ4v) is 9.06. The normalized spacial score (nSPS) is 13.1. The van der Waals surface area contributed by atoms with E-state index in [0.717, 1.165) is 11.4 Å². The van der Waals surface area contributed by atoms with E-state index < -0.39 is 0 Å². The molecular weight excluding hydrogens is 691 g/mol. The summed E-state index contributed by atoms with van der Waals surface area (Å²) in [7, 11) is 0. The van der Waals surface area contributed by atoms with Crippen molar-refractivity contribution in [2.24, 2.45) is 0 Å². The van der Waals surface area contributed by atoms with Crippen LogP contribution in [0.3, 0.4) is 0 Å². The van der Waals surface area contributed by atoms with E-state index in [1.54, 1.807) is 0 Å². The Kier molecular flexibility index (Phi) is 6.54. The van der Waals surface area contributed by atoms with Crippen LogP contribution in [-0.2, 0) is 5.41 Å². The van der Waals surface area contributed by atoms with Crippen molar-refractivity contribution in [3.63, 3.8) is 0 Å². The first-order valence-corrected chi connectivity index (χ1v) is 17.2. The number of rotatable bonds is 5. The van der Waals surface area contributed by atoms with E-state index in [9.17, 15) is 0 Å². The van der Waals surface area contributed by atoms with Gasteiger partial charge in [0.25, 0.3) is 0 Å². The van der Waals surface area contributed by atoms with Crippen molar-refractivity contribution in [1.29, 1.82) is 0 Å². The number of aromatic nitrogens is 1. The molecule has 0 N–H and O–H groups in total. The van der Waals surface area contributed by atoms with Crippen molar-refractivity contribution in [1.82, 2.24) is 4.98 Å². The van der Waals surface area contributed by atoms with E-state index >= 15 is 0 Å². The van der Waals surface area contributed by atoms with Gasteiger partial charge in [0, 0.05) is 32.6 Å². The minimum Gasteiger partial charge on any atom is -0.283 e. The third-order valence-corrected chi connectivity index (χ3v) is 11.6. The summed E-state index contributed by atoms with van der Waals surface area (Å²) in [6.07, 6.45) is 3.70. The SMILES string of the molecule is IN(c1ccc(C2(c3ccccc3)c3ccccc3-c3ccccc32)cc1)c1ccc2sc3cc(-c4ccncc4)ccc3c2c1. The largest absolute Gasteiger partial charge is 0.283 e. The molecule has 0 fully saturated rings. The van der Waals surface area contributed by atoms with Crippen LogP contribution in [0.15, 0.2) is 164 Å². The number of fused-ring (bicyclic) bond motifs is 6. The van der Waals surface area contributed by atoms with Crippen molar-refractivity contribution in [2.45, 2.75) is 5.41 Å². The summed E-state index contributed by atoms with van der Waals surface area (Å²) in [4.78, 5) is 4.18. The van der Waals surface area contributed by atoms with E-state index in [1.807, 2.05) is 23.7 Å². The van der Waals surface area contributed by atoms with Crippen LogP contribution in [0.4, 0.5) is 11.4 Å². The second-order valence-corrected chi connectivity index (χ2v) is 13.8. The Morgan fingerprint density at radius 1 is 0.500 bits per heavy atom. The first kappa shape index (κ1) is 27.5. The van der Waals surface area contributed by atoms with Gasteiger partial charge in [-0.05, 0) is 93.0 Å². The van der Waals surface area contributed by atoms with Crippen molar-refractivity contribution >= 4 is 65.7 Å². The highest BCUT2D eigenvalue weighted by molar-refractivity contribution is 14.1. The van der Waals surface area contributed by atoms with Crippen LogP contribution in [0.2, 0.25) is 0 Å². The molecule has 1 aliphatic carbocycles. The number of hydrogen-bond acceptors (Lipinski definition) is 3. The first-order valence-electron chi connectivity index (χ1n) is 15.4. The van der Waals surface area contributed by atoms with Gasteiger partial charge in [-0.1, -0.05) is 103 Å². The van der Waals surface area contributed by atoms with Gasteiger partial charge < -0.3 is 0 Å². The lowest BCUT2D eigenvalue weighted by Gasteiger charge is -2.34. The molecule has 2 nitrogen and oxygen atoms in total. The topological polar surface area (TPSA) is 16.1 Å². The van der Waals surface area contributed by atoms with Crippen LogP contribution in [-0.4, -0.2) is 4.98 Å². The average Bonchev–Trinajstić information content (AvgIpc) is 3.65. The monoisotopic (exact) mass is 718 g/mol. The number of thiophene rings is 1. The fourth-order valence-electron chi connectivity index (χ4n) is 7.31. The second-order valence-electron chi connectivity index (χ2n) is 11.8. The second kappa shape index (κ2) is 10.9. The maximum Gasteiger partial charge on any atom is 0.0713 e. The summed E-state index contributed by atoms with van der Waals surface area (Å²) >= 11 is 4.30. The van der Waals surface area contributed by atoms with E-state index in [1.165, 1.54) is 64.7 Å². The van der Waals surface area contributed by atoms with E-state index in [0.29, 0.717) is 0 Å². The van der Waals surface area contributed by atoms with Crippen molar-refractivity contribution < 1.29 is 0 Å². The third kappa shape index (κ3) is 4.17. The van der Waals surface area contributed by atoms with Gasteiger partial charge in [-0.2, -0.15) is 0 Å². The van der Waals surface area contributed by atoms with E-state index in [4.69, 9.17) is 0 Å². The summed E-state index contributed by atoms with van der Waals surface area (Å²) in [5, 5.41) is 2.59. The zero-order valence-electron chi connectivity index (χ0n) is 24.8. The molecule has 218 valence electrons. The number of nitrogens with zero attached hydrogens (tertiary/aromatic N) is 2. The highest BCUT2D eigenvalue weighted by atomic mass is 127. The van der Waals surface area contributed by atoms with Crippen molar-refractivity contribution in [3.05, 3.63) is 186 Å². The molecule has 2 aromatic heterocycles. The minimum absolute atomic E-state index is 0.382. The maximum absolute atomic E-state index is 4.18. The predicted molar refractivity (Wildman–Crippen MR) is 202 cm³/mol. The highest BCUT2D eigenvalue weighted by Crippen LogP contribution is 2.56. The quantitative estimate of drug-likeness (QED) is 0.130. The molecular formula is C42H27IN2S. The lowest BCUT2D eigenvalue weighted by molar-refractivity contribution is 0.768. The molecule has 6 aromatic carbocycles. The minimum atomic E-state index is -0.382. The molecule has 9 rings (SSSR count). The van der Waals surface area contributed by atoms with E-state index in [-0.39, 0.29) is 5.41 Å². The zero-order chi connectivity index (χ0) is 30.7. The molecule has 0 spiro atoms. The van der Waals surface area contributed by atoms with Gasteiger partial charge >= 0.3 is 0 Å². The van der Waals surface area contributed by atoms with Crippen molar-refractivity contribution in [3.8, 4) is 22.3 Å². The molecule has 0 unspecified atom stereocenters. The number of pyridine rings is 1. The molecule has 0 amide bonds. The van der Waals surface area contributed by atoms with Gasteiger partial charge in [-0.25, -0.2) is 0 Å². The van der Waals surface area contributed by atoms with Crippen LogP contribution in [0.5, 0.6) is 0 Å². The predicted octanol–water partition coefficient (Wildman–Crippen LogP) is 12.0. The van der Waals surface area contributed by atoms with Crippen molar-refractivity contribution in [2.75, 3.05) is 3.11 Å². The average molecular weight is 719 g/mol. The molecule has 46 heavy (non-hydrogen) atoms. The Morgan fingerprint density at radius 3 is 1.85 bits per heavy atom. The van der Waals surface area contributed by atoms with Gasteiger partial charge in [0.1, 0.15) is 0 Å². The molecule has 0 saturated carbocycles. The molecule has 0 radical (unpaired) electrons. The smallest absolute Gasteiger partial charge is 0.0713 e. The number of benzene rings is 6. The lowest BCUT2D eigenvalue weighted by Crippen LogP contribution is -2.28. The summed E-state index contributed by atoms with van der Waals surface area (Å²) in [6, 6.07) is 55.7. The van der Waals surface area contributed by atoms with Crippen LogP contribution in [0.25, 0.3) is 42.4 Å². The Labute approximate surface area is 286 Å². The Hall–Kier alpha value is -4.78. The molecule has 4 heteroatoms. The first-order chi connectivity index (χ1) is 22.7. The molecule has 0 saturated heterocycles. The number of halogens is 1.